The van der Waals surface area contributed by atoms with E-state index in [1.165, 1.54) is 5.56 Å². The monoisotopic (exact) mass is 459 g/mol. The second-order valence-corrected chi connectivity index (χ2v) is 16.1. The molecule has 8 heteroatoms. The molecule has 0 saturated heterocycles. The Bertz CT molecular complexity index is 888. The standard InChI is InChI=1S/C24H37N3O4Si/c1-24(2,3)31-23(28)26-22(30-15-16-32(4,5)6)17-21-19-9-7-10-20(18(19)11-14-29-21)27-13-8-12-25-27/h7-10,12-13,21-22H,11,14-17H2,1-6H3,(H,26,28)/t21-,22-/m0/s1. The molecule has 3 rings (SSSR count). The summed E-state index contributed by atoms with van der Waals surface area (Å²) in [5, 5.41) is 7.31. The van der Waals surface area contributed by atoms with Crippen molar-refractivity contribution >= 4 is 14.2 Å². The van der Waals surface area contributed by atoms with Gasteiger partial charge in [-0.15, -0.1) is 0 Å². The highest BCUT2D eigenvalue weighted by Crippen LogP contribution is 2.34. The molecule has 1 aliphatic heterocycles. The zero-order chi connectivity index (χ0) is 23.4. The number of hydrogen-bond acceptors (Lipinski definition) is 5. The normalized spacial score (nSPS) is 17.5. The molecule has 0 aliphatic carbocycles. The Hall–Kier alpha value is -2.16. The third-order valence-corrected chi connectivity index (χ3v) is 6.94. The van der Waals surface area contributed by atoms with Crippen molar-refractivity contribution in [1.29, 1.82) is 0 Å². The highest BCUT2D eigenvalue weighted by molar-refractivity contribution is 6.76. The summed E-state index contributed by atoms with van der Waals surface area (Å²) in [5.74, 6) is 0. The van der Waals surface area contributed by atoms with Crippen LogP contribution in [0.25, 0.3) is 5.69 Å². The summed E-state index contributed by atoms with van der Waals surface area (Å²) in [6.45, 7) is 13.7. The minimum absolute atomic E-state index is 0.180. The molecule has 176 valence electrons. The fourth-order valence-corrected chi connectivity index (χ4v) is 4.42. The molecular formula is C24H37N3O4Si. The highest BCUT2D eigenvalue weighted by atomic mass is 28.3. The van der Waals surface area contributed by atoms with Crippen molar-refractivity contribution in [2.45, 2.75) is 77.2 Å². The second kappa shape index (κ2) is 10.2. The lowest BCUT2D eigenvalue weighted by Crippen LogP contribution is -2.42. The molecule has 7 nitrogen and oxygen atoms in total. The lowest BCUT2D eigenvalue weighted by atomic mass is 9.93. The number of nitrogens with one attached hydrogen (secondary N) is 1. The predicted molar refractivity (Wildman–Crippen MR) is 128 cm³/mol. The largest absolute Gasteiger partial charge is 0.444 e. The number of alkyl carbamates (subject to hydrolysis) is 1. The van der Waals surface area contributed by atoms with Gasteiger partial charge in [0.2, 0.25) is 0 Å². The highest BCUT2D eigenvalue weighted by Gasteiger charge is 2.29. The third kappa shape index (κ3) is 7.18. The van der Waals surface area contributed by atoms with Gasteiger partial charge in [-0.25, -0.2) is 9.48 Å². The first-order chi connectivity index (χ1) is 15.0. The van der Waals surface area contributed by atoms with E-state index in [1.807, 2.05) is 43.8 Å². The van der Waals surface area contributed by atoms with Gasteiger partial charge in [-0.3, -0.25) is 5.32 Å². The summed E-state index contributed by atoms with van der Waals surface area (Å²) in [4.78, 5) is 12.5. The lowest BCUT2D eigenvalue weighted by Gasteiger charge is -2.31. The van der Waals surface area contributed by atoms with Crippen LogP contribution in [-0.2, 0) is 20.6 Å². The van der Waals surface area contributed by atoms with Crippen LogP contribution in [0, 0.1) is 0 Å². The molecule has 1 aliphatic rings. The van der Waals surface area contributed by atoms with Crippen LogP contribution in [0.3, 0.4) is 0 Å². The van der Waals surface area contributed by atoms with Gasteiger partial charge in [-0.1, -0.05) is 31.8 Å². The van der Waals surface area contributed by atoms with E-state index in [0.29, 0.717) is 19.6 Å². The number of carbonyl (C=O) groups excluding carboxylic acids is 1. The molecule has 0 bridgehead atoms. The van der Waals surface area contributed by atoms with Gasteiger partial charge >= 0.3 is 6.09 Å². The Morgan fingerprint density at radius 3 is 2.75 bits per heavy atom. The Kier molecular flexibility index (Phi) is 7.79. The molecule has 0 unspecified atom stereocenters. The molecule has 0 fully saturated rings. The molecule has 32 heavy (non-hydrogen) atoms. The zero-order valence-electron chi connectivity index (χ0n) is 20.2. The Morgan fingerprint density at radius 2 is 2.09 bits per heavy atom. The molecule has 2 atom stereocenters. The first-order valence-electron chi connectivity index (χ1n) is 11.4. The van der Waals surface area contributed by atoms with Crippen molar-refractivity contribution in [1.82, 2.24) is 15.1 Å². The molecule has 0 saturated carbocycles. The number of benzene rings is 1. The Balaban J connectivity index is 1.77. The van der Waals surface area contributed by atoms with Gasteiger partial charge in [0.15, 0.2) is 0 Å². The predicted octanol–water partition coefficient (Wildman–Crippen LogP) is 5.08. The number of hydrogen-bond donors (Lipinski definition) is 1. The van der Waals surface area contributed by atoms with Crippen LogP contribution in [0.4, 0.5) is 4.79 Å². The lowest BCUT2D eigenvalue weighted by molar-refractivity contribution is -0.0373. The van der Waals surface area contributed by atoms with Gasteiger partial charge in [0, 0.05) is 33.5 Å². The summed E-state index contributed by atoms with van der Waals surface area (Å²) in [6.07, 6.45) is 3.92. The fourth-order valence-electron chi connectivity index (χ4n) is 3.69. The summed E-state index contributed by atoms with van der Waals surface area (Å²) < 4.78 is 19.7. The quantitative estimate of drug-likeness (QED) is 0.440. The first kappa shape index (κ1) is 24.5. The Morgan fingerprint density at radius 1 is 1.31 bits per heavy atom. The minimum Gasteiger partial charge on any atom is -0.444 e. The summed E-state index contributed by atoms with van der Waals surface area (Å²) >= 11 is 0. The maximum atomic E-state index is 12.5. The van der Waals surface area contributed by atoms with Crippen molar-refractivity contribution < 1.29 is 19.0 Å². The second-order valence-electron chi connectivity index (χ2n) is 10.5. The zero-order valence-corrected chi connectivity index (χ0v) is 21.2. The van der Waals surface area contributed by atoms with Crippen molar-refractivity contribution in [3.63, 3.8) is 0 Å². The smallest absolute Gasteiger partial charge is 0.409 e. The van der Waals surface area contributed by atoms with Crippen LogP contribution in [0.15, 0.2) is 36.7 Å². The number of amides is 1. The van der Waals surface area contributed by atoms with E-state index in [0.717, 1.165) is 23.7 Å². The molecule has 2 heterocycles. The van der Waals surface area contributed by atoms with Gasteiger partial charge in [-0.2, -0.15) is 5.10 Å². The molecule has 0 spiro atoms. The third-order valence-electron chi connectivity index (χ3n) is 5.23. The molecule has 1 amide bonds. The van der Waals surface area contributed by atoms with Crippen LogP contribution < -0.4 is 5.32 Å². The summed E-state index contributed by atoms with van der Waals surface area (Å²) in [5.41, 5.74) is 2.84. The van der Waals surface area contributed by atoms with E-state index in [1.54, 1.807) is 6.20 Å². The van der Waals surface area contributed by atoms with Crippen LogP contribution >= 0.6 is 0 Å². The average molecular weight is 460 g/mol. The number of nitrogens with zero attached hydrogens (tertiary/aromatic N) is 2. The number of rotatable bonds is 8. The van der Waals surface area contributed by atoms with Crippen molar-refractivity contribution in [3.05, 3.63) is 47.8 Å². The number of fused-ring (bicyclic) bond motifs is 1. The number of aromatic nitrogens is 2. The van der Waals surface area contributed by atoms with Crippen LogP contribution in [-0.4, -0.2) is 49.0 Å². The fraction of sp³-hybridized carbons (Fsp3) is 0.583. The van der Waals surface area contributed by atoms with Gasteiger partial charge in [-0.05, 0) is 56.5 Å². The van der Waals surface area contributed by atoms with E-state index in [-0.39, 0.29) is 6.10 Å². The van der Waals surface area contributed by atoms with Gasteiger partial charge in [0.1, 0.15) is 11.8 Å². The maximum absolute atomic E-state index is 12.5. The summed E-state index contributed by atoms with van der Waals surface area (Å²) in [6, 6.07) is 9.14. The van der Waals surface area contributed by atoms with Gasteiger partial charge < -0.3 is 14.2 Å². The average Bonchev–Trinajstić information content (AvgIpc) is 3.19. The SMILES string of the molecule is CC(C)(C)OC(=O)N[C@H](C[C@@H]1OCCc2c1cccc2-n1cccn1)OCC[Si](C)(C)C. The van der Waals surface area contributed by atoms with E-state index >= 15 is 0 Å². The van der Waals surface area contributed by atoms with E-state index in [9.17, 15) is 4.79 Å². The topological polar surface area (TPSA) is 74.6 Å². The molecule has 2 aromatic rings. The van der Waals surface area contributed by atoms with E-state index < -0.39 is 26.0 Å². The molecule has 1 N–H and O–H groups in total. The first-order valence-corrected chi connectivity index (χ1v) is 15.1. The van der Waals surface area contributed by atoms with Crippen molar-refractivity contribution in [2.75, 3.05) is 13.2 Å². The maximum Gasteiger partial charge on any atom is 0.409 e. The van der Waals surface area contributed by atoms with Crippen molar-refractivity contribution in [2.24, 2.45) is 0 Å². The number of ether oxygens (including phenoxy) is 3. The Labute approximate surface area is 192 Å². The van der Waals surface area contributed by atoms with Gasteiger partial charge in [0.25, 0.3) is 0 Å². The molecular weight excluding hydrogens is 422 g/mol. The van der Waals surface area contributed by atoms with E-state index in [4.69, 9.17) is 14.2 Å². The van der Waals surface area contributed by atoms with Crippen LogP contribution in [0.2, 0.25) is 25.7 Å². The van der Waals surface area contributed by atoms with Crippen molar-refractivity contribution in [3.8, 4) is 5.69 Å². The van der Waals surface area contributed by atoms with Crippen LogP contribution in [0.1, 0.15) is 44.4 Å². The molecule has 1 aromatic heterocycles. The molecule has 0 radical (unpaired) electrons. The summed E-state index contributed by atoms with van der Waals surface area (Å²) in [7, 11) is -1.26. The van der Waals surface area contributed by atoms with Gasteiger partial charge in [0.05, 0.1) is 18.4 Å². The number of carbonyl (C=O) groups is 1. The van der Waals surface area contributed by atoms with E-state index in [2.05, 4.69) is 42.2 Å². The minimum atomic E-state index is -1.26. The molecule has 1 aromatic carbocycles. The van der Waals surface area contributed by atoms with Crippen LogP contribution in [0.5, 0.6) is 0 Å².